The van der Waals surface area contributed by atoms with Gasteiger partial charge in [0.1, 0.15) is 5.75 Å². The predicted molar refractivity (Wildman–Crippen MR) is 124 cm³/mol. The molecule has 0 unspecified atom stereocenters. The summed E-state index contributed by atoms with van der Waals surface area (Å²) in [6, 6.07) is 13.9. The first-order chi connectivity index (χ1) is 17.0. The van der Waals surface area contributed by atoms with Crippen molar-refractivity contribution < 1.29 is 17.9 Å². The van der Waals surface area contributed by atoms with Crippen molar-refractivity contribution in [2.45, 2.75) is 19.6 Å². The lowest BCUT2D eigenvalue weighted by molar-refractivity contribution is -0.142. The number of H-pyrrole nitrogens is 1. The summed E-state index contributed by atoms with van der Waals surface area (Å²) in [4.78, 5) is 28.7. The van der Waals surface area contributed by atoms with Crippen molar-refractivity contribution in [2.24, 2.45) is 0 Å². The van der Waals surface area contributed by atoms with Gasteiger partial charge >= 0.3 is 6.18 Å². The molecule has 0 amide bonds. The van der Waals surface area contributed by atoms with Gasteiger partial charge in [0.05, 0.1) is 35.8 Å². The van der Waals surface area contributed by atoms with E-state index in [9.17, 15) is 22.8 Å². The summed E-state index contributed by atoms with van der Waals surface area (Å²) >= 11 is 5.90. The third kappa shape index (κ3) is 5.29. The van der Waals surface area contributed by atoms with Gasteiger partial charge in [0.2, 0.25) is 5.75 Å². The quantitative estimate of drug-likeness (QED) is 0.414. The smallest absolute Gasteiger partial charge is 0.437 e. The average Bonchev–Trinajstić information content (AvgIpc) is 2.82. The Balaban J connectivity index is 1.76. The number of aryl methyl sites for hydroxylation is 1. The Hall–Kier alpha value is -4.43. The molecule has 12 heteroatoms. The molecule has 0 saturated carbocycles. The second kappa shape index (κ2) is 9.67. The molecule has 0 saturated heterocycles. The van der Waals surface area contributed by atoms with E-state index in [0.717, 1.165) is 28.6 Å². The minimum atomic E-state index is -5.00. The Bertz CT molecular complexity index is 1610. The standard InChI is InChI=1S/C24H15ClF3N5O3/c1-13-2-4-15(5-3-13)19-9-17(31-32-22(19)34)11-33-12-30-21(24(26,27)28)20(23(33)35)36-18-7-14(10-29)6-16(25)8-18/h2-9,12H,11H2,1H3,(H,32,34). The van der Waals surface area contributed by atoms with E-state index >= 15 is 0 Å². The molecule has 0 aliphatic heterocycles. The molecule has 4 aromatic rings. The molecule has 0 fully saturated rings. The molecular weight excluding hydrogens is 499 g/mol. The first-order valence-corrected chi connectivity index (χ1v) is 10.6. The van der Waals surface area contributed by atoms with Gasteiger partial charge in [0, 0.05) is 5.02 Å². The lowest BCUT2D eigenvalue weighted by atomic mass is 10.1. The Morgan fingerprint density at radius 2 is 1.86 bits per heavy atom. The molecule has 2 aromatic carbocycles. The number of nitrogens with one attached hydrogen (secondary N) is 1. The molecular formula is C24H15ClF3N5O3. The number of aromatic nitrogens is 4. The zero-order valence-corrected chi connectivity index (χ0v) is 19.2. The molecule has 2 aromatic heterocycles. The van der Waals surface area contributed by atoms with Crippen LogP contribution < -0.4 is 15.9 Å². The van der Waals surface area contributed by atoms with Crippen LogP contribution in [0.5, 0.6) is 11.5 Å². The summed E-state index contributed by atoms with van der Waals surface area (Å²) in [5.41, 5.74) is -1.10. The summed E-state index contributed by atoms with van der Waals surface area (Å²) in [6.45, 7) is 1.58. The molecule has 8 nitrogen and oxygen atoms in total. The van der Waals surface area contributed by atoms with Crippen molar-refractivity contribution in [2.75, 3.05) is 0 Å². The Morgan fingerprint density at radius 1 is 1.14 bits per heavy atom. The highest BCUT2D eigenvalue weighted by Gasteiger charge is 2.38. The predicted octanol–water partition coefficient (Wildman–Crippen LogP) is 4.69. The van der Waals surface area contributed by atoms with Gasteiger partial charge in [-0.1, -0.05) is 41.4 Å². The number of hydrogen-bond acceptors (Lipinski definition) is 6. The lowest BCUT2D eigenvalue weighted by Crippen LogP contribution is -2.27. The van der Waals surface area contributed by atoms with Gasteiger partial charge in [-0.3, -0.25) is 14.2 Å². The van der Waals surface area contributed by atoms with E-state index in [2.05, 4.69) is 15.2 Å². The van der Waals surface area contributed by atoms with Crippen LogP contribution in [0.3, 0.4) is 0 Å². The van der Waals surface area contributed by atoms with Gasteiger partial charge in [-0.2, -0.15) is 23.5 Å². The van der Waals surface area contributed by atoms with Crippen LogP contribution in [0.25, 0.3) is 11.1 Å². The molecule has 0 spiro atoms. The molecule has 4 rings (SSSR count). The van der Waals surface area contributed by atoms with Crippen molar-refractivity contribution >= 4 is 11.6 Å². The molecule has 1 N–H and O–H groups in total. The normalized spacial score (nSPS) is 11.2. The number of aromatic amines is 1. The van der Waals surface area contributed by atoms with Crippen LogP contribution in [0.2, 0.25) is 5.02 Å². The maximum Gasteiger partial charge on any atom is 0.437 e. The molecule has 0 aliphatic carbocycles. The number of benzene rings is 2. The van der Waals surface area contributed by atoms with E-state index in [-0.39, 0.29) is 34.1 Å². The Labute approximate surface area is 206 Å². The first kappa shape index (κ1) is 24.7. The summed E-state index contributed by atoms with van der Waals surface area (Å²) in [6.07, 6.45) is -4.28. The van der Waals surface area contributed by atoms with Crippen molar-refractivity contribution in [3.05, 3.63) is 103 Å². The molecule has 0 aliphatic rings. The minimum Gasteiger partial charge on any atom is -0.449 e. The highest BCUT2D eigenvalue weighted by molar-refractivity contribution is 6.30. The van der Waals surface area contributed by atoms with Crippen molar-refractivity contribution in [1.82, 2.24) is 19.7 Å². The third-order valence-corrected chi connectivity index (χ3v) is 5.25. The van der Waals surface area contributed by atoms with Crippen LogP contribution in [0.1, 0.15) is 22.5 Å². The van der Waals surface area contributed by atoms with Gasteiger partial charge in [-0.25, -0.2) is 10.1 Å². The topological polar surface area (TPSA) is 114 Å². The summed E-state index contributed by atoms with van der Waals surface area (Å²) in [7, 11) is 0. The number of halogens is 4. The first-order valence-electron chi connectivity index (χ1n) is 10.3. The van der Waals surface area contributed by atoms with Crippen molar-refractivity contribution in [1.29, 1.82) is 5.26 Å². The Kier molecular flexibility index (Phi) is 6.63. The maximum absolute atomic E-state index is 13.6. The van der Waals surface area contributed by atoms with Crippen LogP contribution in [0.15, 0.2) is 64.4 Å². The third-order valence-electron chi connectivity index (χ3n) is 5.04. The number of alkyl halides is 3. The van der Waals surface area contributed by atoms with Gasteiger partial charge in [-0.05, 0) is 36.8 Å². The molecule has 0 radical (unpaired) electrons. The minimum absolute atomic E-state index is 0.0244. The average molecular weight is 514 g/mol. The van der Waals surface area contributed by atoms with Crippen molar-refractivity contribution in [3.8, 4) is 28.7 Å². The SMILES string of the molecule is Cc1ccc(-c2cc(Cn3cnc(C(F)(F)F)c(Oc4cc(Cl)cc(C#N)c4)c3=O)n[nH]c2=O)cc1. The summed E-state index contributed by atoms with van der Waals surface area (Å²) in [5, 5.41) is 15.3. The monoisotopic (exact) mass is 513 g/mol. The van der Waals surface area contributed by atoms with Crippen LogP contribution in [0, 0.1) is 18.3 Å². The highest BCUT2D eigenvalue weighted by Crippen LogP contribution is 2.35. The van der Waals surface area contributed by atoms with Gasteiger partial charge in [0.15, 0.2) is 5.69 Å². The van der Waals surface area contributed by atoms with Crippen LogP contribution >= 0.6 is 11.6 Å². The van der Waals surface area contributed by atoms with Crippen LogP contribution in [0.4, 0.5) is 13.2 Å². The number of nitriles is 1. The van der Waals surface area contributed by atoms with E-state index < -0.39 is 28.7 Å². The van der Waals surface area contributed by atoms with Crippen LogP contribution in [-0.4, -0.2) is 19.7 Å². The van der Waals surface area contributed by atoms with E-state index in [1.54, 1.807) is 18.2 Å². The summed E-state index contributed by atoms with van der Waals surface area (Å²) < 4.78 is 46.9. The lowest BCUT2D eigenvalue weighted by Gasteiger charge is -2.15. The Morgan fingerprint density at radius 3 is 2.53 bits per heavy atom. The fourth-order valence-corrected chi connectivity index (χ4v) is 3.56. The molecule has 2 heterocycles. The zero-order chi connectivity index (χ0) is 26.0. The van der Waals surface area contributed by atoms with Gasteiger partial charge in [0.25, 0.3) is 11.1 Å². The number of ether oxygens (including phenoxy) is 1. The second-order valence-electron chi connectivity index (χ2n) is 7.71. The van der Waals surface area contributed by atoms with E-state index in [0.29, 0.717) is 5.56 Å². The van der Waals surface area contributed by atoms with Crippen molar-refractivity contribution in [3.63, 3.8) is 0 Å². The van der Waals surface area contributed by atoms with Gasteiger partial charge in [-0.15, -0.1) is 0 Å². The molecule has 0 atom stereocenters. The number of hydrogen-bond donors (Lipinski definition) is 1. The molecule has 0 bridgehead atoms. The number of nitrogens with zero attached hydrogens (tertiary/aromatic N) is 4. The van der Waals surface area contributed by atoms with Crippen LogP contribution in [-0.2, 0) is 12.7 Å². The molecule has 182 valence electrons. The number of rotatable bonds is 5. The maximum atomic E-state index is 13.6. The van der Waals surface area contributed by atoms with E-state index in [4.69, 9.17) is 21.6 Å². The molecule has 36 heavy (non-hydrogen) atoms. The van der Waals surface area contributed by atoms with E-state index in [1.807, 2.05) is 19.1 Å². The fourth-order valence-electron chi connectivity index (χ4n) is 3.33. The highest BCUT2D eigenvalue weighted by atomic mass is 35.5. The van der Waals surface area contributed by atoms with E-state index in [1.165, 1.54) is 12.1 Å². The summed E-state index contributed by atoms with van der Waals surface area (Å²) in [5.74, 6) is -1.34. The van der Waals surface area contributed by atoms with Gasteiger partial charge < -0.3 is 4.74 Å². The fraction of sp³-hybridized carbons (Fsp3) is 0.125. The second-order valence-corrected chi connectivity index (χ2v) is 8.15. The zero-order valence-electron chi connectivity index (χ0n) is 18.4. The largest absolute Gasteiger partial charge is 0.449 e.